The van der Waals surface area contributed by atoms with Gasteiger partial charge in [-0.05, 0) is 38.5 Å². The quantitative estimate of drug-likeness (QED) is 0.318. The summed E-state index contributed by atoms with van der Waals surface area (Å²) >= 11 is 0. The largest absolute Gasteiger partial charge is 0.481 e. The minimum atomic E-state index is -0.751. The summed E-state index contributed by atoms with van der Waals surface area (Å²) in [6.45, 7) is 2.25. The molecule has 0 aromatic carbocycles. The van der Waals surface area contributed by atoms with E-state index in [9.17, 15) is 4.79 Å². The molecule has 0 atom stereocenters. The Bertz CT molecular complexity index is 267. The fraction of sp³-hybridized carbons (Fsp3) is 0.722. The standard InChI is InChI=1S/C18H32O2/c1-2-3-4-5-6-7-8-9-10-11-12-13-14-15-16-17-18(19)20/h9-10,15-16H,2-8,11-14,17H2,1H3,(H,19,20). The third kappa shape index (κ3) is 16.9. The minimum Gasteiger partial charge on any atom is -0.481 e. The Kier molecular flexibility index (Phi) is 15.2. The summed E-state index contributed by atoms with van der Waals surface area (Å²) in [6, 6.07) is 0. The van der Waals surface area contributed by atoms with E-state index in [-0.39, 0.29) is 6.42 Å². The van der Waals surface area contributed by atoms with Crippen molar-refractivity contribution in [3.05, 3.63) is 24.3 Å². The van der Waals surface area contributed by atoms with E-state index in [2.05, 4.69) is 19.1 Å². The highest BCUT2D eigenvalue weighted by atomic mass is 16.4. The number of rotatable bonds is 14. The van der Waals surface area contributed by atoms with Gasteiger partial charge in [0.05, 0.1) is 6.42 Å². The number of carboxylic acids is 1. The van der Waals surface area contributed by atoms with Crippen molar-refractivity contribution in [3.8, 4) is 0 Å². The summed E-state index contributed by atoms with van der Waals surface area (Å²) in [4.78, 5) is 10.3. The summed E-state index contributed by atoms with van der Waals surface area (Å²) in [5.41, 5.74) is 0. The fourth-order valence-electron chi connectivity index (χ4n) is 2.10. The number of allylic oxidation sites excluding steroid dienone is 3. The van der Waals surface area contributed by atoms with Gasteiger partial charge in [0, 0.05) is 0 Å². The smallest absolute Gasteiger partial charge is 0.307 e. The van der Waals surface area contributed by atoms with E-state index in [1.165, 1.54) is 51.4 Å². The van der Waals surface area contributed by atoms with Gasteiger partial charge in [0.15, 0.2) is 0 Å². The molecular formula is C18H32O2. The number of hydrogen-bond acceptors (Lipinski definition) is 1. The van der Waals surface area contributed by atoms with Crippen LogP contribution in [0.3, 0.4) is 0 Å². The molecule has 20 heavy (non-hydrogen) atoms. The Morgan fingerprint density at radius 2 is 1.20 bits per heavy atom. The summed E-state index contributed by atoms with van der Waals surface area (Å²) in [5.74, 6) is -0.751. The van der Waals surface area contributed by atoms with Crippen LogP contribution in [0.15, 0.2) is 24.3 Å². The highest BCUT2D eigenvalue weighted by molar-refractivity contribution is 5.68. The third-order valence-electron chi connectivity index (χ3n) is 3.34. The molecule has 2 heteroatoms. The summed E-state index contributed by atoms with van der Waals surface area (Å²) in [5, 5.41) is 8.46. The number of unbranched alkanes of at least 4 members (excludes halogenated alkanes) is 9. The van der Waals surface area contributed by atoms with Gasteiger partial charge in [-0.25, -0.2) is 0 Å². The second-order valence-corrected chi connectivity index (χ2v) is 5.38. The van der Waals surface area contributed by atoms with Crippen LogP contribution in [-0.2, 0) is 4.79 Å². The average molecular weight is 280 g/mol. The van der Waals surface area contributed by atoms with Crippen LogP contribution < -0.4 is 0 Å². The van der Waals surface area contributed by atoms with Crippen molar-refractivity contribution in [3.63, 3.8) is 0 Å². The van der Waals surface area contributed by atoms with Crippen LogP contribution in [0.1, 0.15) is 84.0 Å². The zero-order valence-electron chi connectivity index (χ0n) is 13.2. The third-order valence-corrected chi connectivity index (χ3v) is 3.34. The Morgan fingerprint density at radius 1 is 0.750 bits per heavy atom. The van der Waals surface area contributed by atoms with E-state index in [1.807, 2.05) is 6.08 Å². The fourth-order valence-corrected chi connectivity index (χ4v) is 2.10. The SMILES string of the molecule is CCCCCCCCC=CCCCCC=CCC(=O)O. The first-order valence-electron chi connectivity index (χ1n) is 8.29. The average Bonchev–Trinajstić information content (AvgIpc) is 2.43. The van der Waals surface area contributed by atoms with Crippen molar-refractivity contribution in [2.24, 2.45) is 0 Å². The maximum Gasteiger partial charge on any atom is 0.307 e. The molecule has 0 aliphatic heterocycles. The number of carboxylic acid groups (broad SMARTS) is 1. The first-order valence-corrected chi connectivity index (χ1v) is 8.29. The second-order valence-electron chi connectivity index (χ2n) is 5.38. The minimum absolute atomic E-state index is 0.151. The molecule has 2 nitrogen and oxygen atoms in total. The van der Waals surface area contributed by atoms with Gasteiger partial charge in [0.1, 0.15) is 0 Å². The van der Waals surface area contributed by atoms with E-state index in [4.69, 9.17) is 5.11 Å². The molecule has 0 aliphatic rings. The number of aliphatic carboxylic acids is 1. The molecule has 0 aromatic heterocycles. The highest BCUT2D eigenvalue weighted by Gasteiger charge is 1.90. The van der Waals surface area contributed by atoms with Crippen LogP contribution >= 0.6 is 0 Å². The molecule has 0 unspecified atom stereocenters. The van der Waals surface area contributed by atoms with Gasteiger partial charge in [0.2, 0.25) is 0 Å². The van der Waals surface area contributed by atoms with E-state index >= 15 is 0 Å². The van der Waals surface area contributed by atoms with Crippen LogP contribution in [0.5, 0.6) is 0 Å². The van der Waals surface area contributed by atoms with Crippen LogP contribution in [0, 0.1) is 0 Å². The first kappa shape index (κ1) is 18.9. The highest BCUT2D eigenvalue weighted by Crippen LogP contribution is 2.08. The summed E-state index contributed by atoms with van der Waals surface area (Å²) in [7, 11) is 0. The lowest BCUT2D eigenvalue weighted by atomic mass is 10.1. The van der Waals surface area contributed by atoms with E-state index in [0.29, 0.717) is 0 Å². The lowest BCUT2D eigenvalue weighted by molar-refractivity contribution is -0.136. The molecule has 0 aliphatic carbocycles. The van der Waals surface area contributed by atoms with Crippen LogP contribution in [-0.4, -0.2) is 11.1 Å². The second kappa shape index (κ2) is 16.0. The molecule has 0 saturated heterocycles. The Labute approximate surface area is 125 Å². The Morgan fingerprint density at radius 3 is 1.75 bits per heavy atom. The lowest BCUT2D eigenvalue weighted by Crippen LogP contribution is -1.89. The molecule has 0 rings (SSSR count). The number of hydrogen-bond donors (Lipinski definition) is 1. The van der Waals surface area contributed by atoms with Gasteiger partial charge in [0.25, 0.3) is 0 Å². The van der Waals surface area contributed by atoms with Gasteiger partial charge in [-0.15, -0.1) is 0 Å². The van der Waals surface area contributed by atoms with Gasteiger partial charge in [-0.2, -0.15) is 0 Å². The number of carbonyl (C=O) groups is 1. The van der Waals surface area contributed by atoms with Crippen molar-refractivity contribution in [1.29, 1.82) is 0 Å². The predicted molar refractivity (Wildman–Crippen MR) is 87.0 cm³/mol. The molecule has 116 valence electrons. The van der Waals surface area contributed by atoms with Gasteiger partial charge in [-0.1, -0.05) is 63.3 Å². The molecule has 0 heterocycles. The van der Waals surface area contributed by atoms with Crippen LogP contribution in [0.25, 0.3) is 0 Å². The summed E-state index contributed by atoms with van der Waals surface area (Å²) < 4.78 is 0. The van der Waals surface area contributed by atoms with Crippen molar-refractivity contribution in [2.75, 3.05) is 0 Å². The van der Waals surface area contributed by atoms with E-state index in [1.54, 1.807) is 6.08 Å². The zero-order chi connectivity index (χ0) is 14.9. The molecule has 1 N–H and O–H groups in total. The van der Waals surface area contributed by atoms with E-state index < -0.39 is 5.97 Å². The molecule has 0 saturated carbocycles. The van der Waals surface area contributed by atoms with Crippen LogP contribution in [0.4, 0.5) is 0 Å². The maximum absolute atomic E-state index is 10.3. The van der Waals surface area contributed by atoms with Crippen LogP contribution in [0.2, 0.25) is 0 Å². The molecular weight excluding hydrogens is 248 g/mol. The van der Waals surface area contributed by atoms with Gasteiger partial charge < -0.3 is 5.11 Å². The molecule has 0 aromatic rings. The van der Waals surface area contributed by atoms with Crippen molar-refractivity contribution >= 4 is 5.97 Å². The van der Waals surface area contributed by atoms with Gasteiger partial charge in [-0.3, -0.25) is 4.79 Å². The Hall–Kier alpha value is -1.05. The van der Waals surface area contributed by atoms with Crippen molar-refractivity contribution in [1.82, 2.24) is 0 Å². The molecule has 0 fully saturated rings. The van der Waals surface area contributed by atoms with Crippen molar-refractivity contribution in [2.45, 2.75) is 84.0 Å². The molecule has 0 bridgehead atoms. The molecule has 0 amide bonds. The topological polar surface area (TPSA) is 37.3 Å². The molecule has 0 radical (unpaired) electrons. The predicted octanol–water partition coefficient (Wildman–Crippen LogP) is 5.88. The van der Waals surface area contributed by atoms with Crippen molar-refractivity contribution < 1.29 is 9.90 Å². The first-order chi connectivity index (χ1) is 9.77. The normalized spacial score (nSPS) is 11.7. The van der Waals surface area contributed by atoms with Gasteiger partial charge >= 0.3 is 5.97 Å². The zero-order valence-corrected chi connectivity index (χ0v) is 13.2. The lowest BCUT2D eigenvalue weighted by Gasteiger charge is -1.97. The Balaban J connectivity index is 3.16. The summed E-state index contributed by atoms with van der Waals surface area (Å²) in [6.07, 6.45) is 22.4. The molecule has 0 spiro atoms. The van der Waals surface area contributed by atoms with E-state index in [0.717, 1.165) is 19.3 Å². The monoisotopic (exact) mass is 280 g/mol. The maximum atomic E-state index is 10.3.